The lowest BCUT2D eigenvalue weighted by molar-refractivity contribution is 0.537. The molecule has 0 aliphatic carbocycles. The molecule has 0 aliphatic heterocycles. The van der Waals surface area contributed by atoms with Crippen molar-refractivity contribution in [2.45, 2.75) is 110 Å². The van der Waals surface area contributed by atoms with Gasteiger partial charge in [-0.05, 0) is 19.5 Å². The molecule has 0 saturated heterocycles. The second kappa shape index (κ2) is 16.1. The first-order valence-corrected chi connectivity index (χ1v) is 12.7. The average molecular weight is 331 g/mol. The highest BCUT2D eigenvalue weighted by Gasteiger charge is 2.12. The zero-order valence-corrected chi connectivity index (χ0v) is 16.8. The molecule has 0 spiro atoms. The highest BCUT2D eigenvalue weighted by atomic mass is 31.2. The molecule has 0 N–H and O–H groups in total. The van der Waals surface area contributed by atoms with Crippen molar-refractivity contribution in [3.63, 3.8) is 0 Å². The Morgan fingerprint density at radius 1 is 0.500 bits per heavy atom. The SMILES string of the molecule is CCCCCCCCCCCCCCCCP(C)(=O)CCC. The molecule has 0 rings (SSSR count). The van der Waals surface area contributed by atoms with Crippen molar-refractivity contribution in [3.05, 3.63) is 0 Å². The predicted octanol–water partition coefficient (Wildman–Crippen LogP) is 7.87. The third-order valence-electron chi connectivity index (χ3n) is 4.68. The number of unbranched alkanes of at least 4 members (excludes halogenated alkanes) is 13. The lowest BCUT2D eigenvalue weighted by atomic mass is 10.0. The van der Waals surface area contributed by atoms with E-state index >= 15 is 0 Å². The van der Waals surface area contributed by atoms with Crippen LogP contribution < -0.4 is 0 Å². The van der Waals surface area contributed by atoms with Gasteiger partial charge >= 0.3 is 0 Å². The Morgan fingerprint density at radius 3 is 1.23 bits per heavy atom. The fraction of sp³-hybridized carbons (Fsp3) is 1.00. The Balaban J connectivity index is 3.13. The van der Waals surface area contributed by atoms with E-state index in [0.29, 0.717) is 0 Å². The molecule has 22 heavy (non-hydrogen) atoms. The van der Waals surface area contributed by atoms with E-state index in [4.69, 9.17) is 0 Å². The first kappa shape index (κ1) is 22.2. The van der Waals surface area contributed by atoms with Gasteiger partial charge in [0.15, 0.2) is 0 Å². The molecule has 0 aromatic heterocycles. The third-order valence-corrected chi connectivity index (χ3v) is 7.34. The fourth-order valence-corrected chi connectivity index (χ4v) is 5.29. The Kier molecular flexibility index (Phi) is 16.3. The van der Waals surface area contributed by atoms with Crippen molar-refractivity contribution < 1.29 is 4.57 Å². The van der Waals surface area contributed by atoms with E-state index in [1.54, 1.807) is 0 Å². The van der Waals surface area contributed by atoms with Crippen LogP contribution in [-0.2, 0) is 4.57 Å². The van der Waals surface area contributed by atoms with Crippen LogP contribution in [0.2, 0.25) is 0 Å². The van der Waals surface area contributed by atoms with Crippen LogP contribution in [-0.4, -0.2) is 19.0 Å². The molecule has 0 aromatic rings. The van der Waals surface area contributed by atoms with Crippen molar-refractivity contribution in [2.75, 3.05) is 19.0 Å². The van der Waals surface area contributed by atoms with E-state index in [2.05, 4.69) is 13.8 Å². The zero-order chi connectivity index (χ0) is 16.5. The summed E-state index contributed by atoms with van der Waals surface area (Å²) >= 11 is 0. The van der Waals surface area contributed by atoms with E-state index in [1.165, 1.54) is 89.9 Å². The quantitative estimate of drug-likeness (QED) is 0.196. The molecular weight excluding hydrogens is 287 g/mol. The Labute approximate surface area is 141 Å². The second-order valence-electron chi connectivity index (χ2n) is 7.34. The first-order valence-electron chi connectivity index (χ1n) is 10.2. The Hall–Kier alpha value is 0.230. The summed E-state index contributed by atoms with van der Waals surface area (Å²) in [5, 5.41) is 0. The van der Waals surface area contributed by atoms with Gasteiger partial charge in [-0.3, -0.25) is 0 Å². The van der Waals surface area contributed by atoms with Crippen LogP contribution in [0, 0.1) is 0 Å². The van der Waals surface area contributed by atoms with Crippen LogP contribution in [0.5, 0.6) is 0 Å². The molecule has 0 saturated carbocycles. The summed E-state index contributed by atoms with van der Waals surface area (Å²) < 4.78 is 12.1. The van der Waals surface area contributed by atoms with E-state index < -0.39 is 7.14 Å². The third kappa shape index (κ3) is 16.6. The standard InChI is InChI=1S/C20H43OP/c1-4-6-7-8-9-10-11-12-13-14-15-16-17-18-20-22(3,21)19-5-2/h4-20H2,1-3H3. The maximum atomic E-state index is 12.1. The minimum Gasteiger partial charge on any atom is -0.324 e. The van der Waals surface area contributed by atoms with Gasteiger partial charge in [-0.15, -0.1) is 0 Å². The predicted molar refractivity (Wildman–Crippen MR) is 104 cm³/mol. The Bertz CT molecular complexity index is 262. The molecule has 0 radical (unpaired) electrons. The van der Waals surface area contributed by atoms with Crippen LogP contribution in [0.15, 0.2) is 0 Å². The van der Waals surface area contributed by atoms with Crippen molar-refractivity contribution in [3.8, 4) is 0 Å². The molecule has 0 amide bonds. The van der Waals surface area contributed by atoms with Gasteiger partial charge in [-0.25, -0.2) is 0 Å². The molecule has 1 nitrogen and oxygen atoms in total. The summed E-state index contributed by atoms with van der Waals surface area (Å²) in [6, 6.07) is 0. The van der Waals surface area contributed by atoms with E-state index in [9.17, 15) is 4.57 Å². The van der Waals surface area contributed by atoms with Gasteiger partial charge in [0.05, 0.1) is 7.14 Å². The molecule has 0 aliphatic rings. The fourth-order valence-electron chi connectivity index (χ4n) is 3.23. The molecule has 2 heteroatoms. The summed E-state index contributed by atoms with van der Waals surface area (Å²) in [5.74, 6) is 0. The van der Waals surface area contributed by atoms with Gasteiger partial charge in [0.2, 0.25) is 0 Å². The van der Waals surface area contributed by atoms with Crippen LogP contribution in [0.25, 0.3) is 0 Å². The highest BCUT2D eigenvalue weighted by molar-refractivity contribution is 7.63. The summed E-state index contributed by atoms with van der Waals surface area (Å²) in [6.07, 6.45) is 22.5. The van der Waals surface area contributed by atoms with Gasteiger partial charge in [-0.2, -0.15) is 0 Å². The van der Waals surface area contributed by atoms with Crippen molar-refractivity contribution in [1.29, 1.82) is 0 Å². The summed E-state index contributed by atoms with van der Waals surface area (Å²) in [4.78, 5) is 0. The Morgan fingerprint density at radius 2 is 0.864 bits per heavy atom. The highest BCUT2D eigenvalue weighted by Crippen LogP contribution is 2.42. The van der Waals surface area contributed by atoms with Crippen molar-refractivity contribution >= 4 is 7.14 Å². The summed E-state index contributed by atoms with van der Waals surface area (Å²) in [5.41, 5.74) is 0. The van der Waals surface area contributed by atoms with E-state index in [-0.39, 0.29) is 0 Å². The van der Waals surface area contributed by atoms with E-state index in [1.807, 2.05) is 6.66 Å². The minimum absolute atomic E-state index is 0.950. The first-order chi connectivity index (χ1) is 10.6. The van der Waals surface area contributed by atoms with Crippen molar-refractivity contribution in [2.24, 2.45) is 0 Å². The van der Waals surface area contributed by atoms with Gasteiger partial charge < -0.3 is 4.57 Å². The molecule has 134 valence electrons. The van der Waals surface area contributed by atoms with Gasteiger partial charge in [0.25, 0.3) is 0 Å². The summed E-state index contributed by atoms with van der Waals surface area (Å²) in [6.45, 7) is 6.42. The number of hydrogen-bond donors (Lipinski definition) is 0. The van der Waals surface area contributed by atoms with Crippen LogP contribution in [0.1, 0.15) is 110 Å². The topological polar surface area (TPSA) is 17.1 Å². The van der Waals surface area contributed by atoms with Gasteiger partial charge in [0, 0.05) is 12.3 Å². The number of rotatable bonds is 17. The van der Waals surface area contributed by atoms with Gasteiger partial charge in [-0.1, -0.05) is 97.3 Å². The molecular formula is C20H43OP. The molecule has 0 bridgehead atoms. The van der Waals surface area contributed by atoms with Gasteiger partial charge in [0.1, 0.15) is 0 Å². The lowest BCUT2D eigenvalue weighted by Crippen LogP contribution is -1.93. The smallest absolute Gasteiger partial charge is 0.0848 e. The largest absolute Gasteiger partial charge is 0.324 e. The maximum absolute atomic E-state index is 12.1. The van der Waals surface area contributed by atoms with Crippen LogP contribution in [0.4, 0.5) is 0 Å². The minimum atomic E-state index is -1.78. The molecule has 0 fully saturated rings. The second-order valence-corrected chi connectivity index (χ2v) is 10.8. The lowest BCUT2D eigenvalue weighted by Gasteiger charge is -2.11. The monoisotopic (exact) mass is 330 g/mol. The zero-order valence-electron chi connectivity index (χ0n) is 15.9. The average Bonchev–Trinajstić information content (AvgIpc) is 2.47. The normalized spacial score (nSPS) is 14.1. The maximum Gasteiger partial charge on any atom is 0.0848 e. The molecule has 1 unspecified atom stereocenters. The van der Waals surface area contributed by atoms with Crippen molar-refractivity contribution in [1.82, 2.24) is 0 Å². The van der Waals surface area contributed by atoms with Crippen LogP contribution in [0.3, 0.4) is 0 Å². The van der Waals surface area contributed by atoms with Crippen LogP contribution >= 0.6 is 7.14 Å². The summed E-state index contributed by atoms with van der Waals surface area (Å²) in [7, 11) is -1.78. The number of hydrogen-bond acceptors (Lipinski definition) is 1. The molecule has 0 aromatic carbocycles. The van der Waals surface area contributed by atoms with E-state index in [0.717, 1.165) is 18.7 Å². The molecule has 1 atom stereocenters. The molecule has 0 heterocycles.